The fraction of sp³-hybridized carbons (Fsp3) is 0.231. The average molecular weight is 663 g/mol. The Kier molecular flexibility index (Phi) is 10.9. The van der Waals surface area contributed by atoms with Crippen LogP contribution in [0.2, 0.25) is 0 Å². The van der Waals surface area contributed by atoms with Crippen LogP contribution in [0.5, 0.6) is 17.2 Å². The van der Waals surface area contributed by atoms with Gasteiger partial charge in [-0.25, -0.2) is 9.37 Å². The molecule has 5 rings (SSSR count). The van der Waals surface area contributed by atoms with Crippen molar-refractivity contribution in [3.63, 3.8) is 0 Å². The number of carbonyl (C=O) groups is 1. The van der Waals surface area contributed by atoms with Gasteiger partial charge in [0.15, 0.2) is 23.9 Å². The predicted octanol–water partition coefficient (Wildman–Crippen LogP) is 7.67. The number of ether oxygens (including phenoxy) is 3. The fourth-order valence-electron chi connectivity index (χ4n) is 5.48. The van der Waals surface area contributed by atoms with Crippen LogP contribution in [0, 0.1) is 12.7 Å². The van der Waals surface area contributed by atoms with E-state index < -0.39 is 11.7 Å². The molecule has 0 spiro atoms. The maximum atomic E-state index is 14.0. The highest BCUT2D eigenvalue weighted by Gasteiger charge is 2.19. The number of rotatable bonds is 13. The van der Waals surface area contributed by atoms with Crippen molar-refractivity contribution in [1.82, 2.24) is 9.66 Å². The second-order valence-electron chi connectivity index (χ2n) is 11.7. The summed E-state index contributed by atoms with van der Waals surface area (Å²) in [5, 5.41) is 7.73. The molecule has 0 aliphatic rings. The van der Waals surface area contributed by atoms with E-state index in [1.54, 1.807) is 36.6 Å². The van der Waals surface area contributed by atoms with Crippen LogP contribution in [0.3, 0.4) is 0 Å². The molecule has 0 aliphatic carbocycles. The van der Waals surface area contributed by atoms with Gasteiger partial charge in [-0.2, -0.15) is 9.78 Å². The molecule has 0 bridgehead atoms. The molecule has 0 aliphatic heterocycles. The van der Waals surface area contributed by atoms with E-state index in [1.165, 1.54) is 30.0 Å². The number of aryl methyl sites for hydroxylation is 1. The highest BCUT2D eigenvalue weighted by molar-refractivity contribution is 5.92. The first-order valence-electron chi connectivity index (χ1n) is 16.0. The van der Waals surface area contributed by atoms with E-state index >= 15 is 0 Å². The van der Waals surface area contributed by atoms with E-state index in [0.29, 0.717) is 58.1 Å². The van der Waals surface area contributed by atoms with Crippen LogP contribution in [-0.4, -0.2) is 42.1 Å². The highest BCUT2D eigenvalue weighted by Crippen LogP contribution is 2.35. The third kappa shape index (κ3) is 7.86. The number of halogens is 1. The standard InChI is InChI=1S/C39H39FN4O5/c1-7-12-27-18-26(19-35(47-6)37(27)49-23-36(45)42-29-14-11-13-28(40)20-29)22-41-44-38(43-33-16-10-9-15-30(33)39(44)46)32-21-31(24(3)4)34(48-8-2)17-25(32)5/h7,9-11,13-22,24H,1,8,12,23H2,2-6H3,(H,42,45). The Bertz CT molecular complexity index is 2100. The van der Waals surface area contributed by atoms with E-state index in [4.69, 9.17) is 19.2 Å². The van der Waals surface area contributed by atoms with Gasteiger partial charge in [0.05, 0.1) is 30.8 Å². The van der Waals surface area contributed by atoms with Gasteiger partial charge in [0.2, 0.25) is 0 Å². The summed E-state index contributed by atoms with van der Waals surface area (Å²) in [5.74, 6) is 1.13. The van der Waals surface area contributed by atoms with Gasteiger partial charge in [0.25, 0.3) is 11.5 Å². The molecule has 1 N–H and O–H groups in total. The lowest BCUT2D eigenvalue weighted by Gasteiger charge is -2.18. The third-order valence-corrected chi connectivity index (χ3v) is 7.79. The molecule has 1 heterocycles. The van der Waals surface area contributed by atoms with E-state index in [9.17, 15) is 14.0 Å². The Labute approximate surface area is 284 Å². The molecule has 1 amide bonds. The molecule has 0 fully saturated rings. The summed E-state index contributed by atoms with van der Waals surface area (Å²) < 4.78 is 32.4. The van der Waals surface area contributed by atoms with Crippen LogP contribution in [0.15, 0.2) is 95.3 Å². The summed E-state index contributed by atoms with van der Waals surface area (Å²) in [6.07, 6.45) is 3.65. The molecule has 0 saturated heterocycles. The lowest BCUT2D eigenvalue weighted by molar-refractivity contribution is -0.118. The minimum absolute atomic E-state index is 0.161. The maximum absolute atomic E-state index is 14.0. The van der Waals surface area contributed by atoms with Crippen molar-refractivity contribution >= 4 is 28.7 Å². The second-order valence-corrected chi connectivity index (χ2v) is 11.7. The molecule has 49 heavy (non-hydrogen) atoms. The number of carbonyl (C=O) groups excluding carboxylic acids is 1. The molecule has 0 saturated carbocycles. The van der Waals surface area contributed by atoms with Crippen molar-refractivity contribution < 1.29 is 23.4 Å². The molecule has 252 valence electrons. The second kappa shape index (κ2) is 15.4. The van der Waals surface area contributed by atoms with E-state index in [2.05, 4.69) is 30.8 Å². The maximum Gasteiger partial charge on any atom is 0.282 e. The zero-order valence-electron chi connectivity index (χ0n) is 28.2. The summed E-state index contributed by atoms with van der Waals surface area (Å²) in [6.45, 7) is 12.1. The van der Waals surface area contributed by atoms with E-state index in [1.807, 2.05) is 44.2 Å². The van der Waals surface area contributed by atoms with Gasteiger partial charge in [-0.1, -0.05) is 38.1 Å². The number of allylic oxidation sites excluding steroid dienone is 1. The number of anilines is 1. The summed E-state index contributed by atoms with van der Waals surface area (Å²) in [4.78, 5) is 31.5. The number of para-hydroxylation sites is 1. The van der Waals surface area contributed by atoms with Crippen LogP contribution in [0.1, 0.15) is 48.9 Å². The van der Waals surface area contributed by atoms with Gasteiger partial charge in [-0.15, -0.1) is 6.58 Å². The van der Waals surface area contributed by atoms with Gasteiger partial charge in [0.1, 0.15) is 11.6 Å². The quantitative estimate of drug-likeness (QED) is 0.103. The highest BCUT2D eigenvalue weighted by atomic mass is 19.1. The number of nitrogens with zero attached hydrogens (tertiary/aromatic N) is 3. The Balaban J connectivity index is 1.55. The lowest BCUT2D eigenvalue weighted by Crippen LogP contribution is -2.21. The molecule has 9 nitrogen and oxygen atoms in total. The van der Waals surface area contributed by atoms with Crippen LogP contribution in [0.4, 0.5) is 10.1 Å². The zero-order valence-corrected chi connectivity index (χ0v) is 28.2. The SMILES string of the molecule is C=CCc1cc(C=Nn2c(-c3cc(C(C)C)c(OCC)cc3C)nc3ccccc3c2=O)cc(OC)c1OCC(=O)Nc1cccc(F)c1. The monoisotopic (exact) mass is 662 g/mol. The lowest BCUT2D eigenvalue weighted by atomic mass is 9.96. The third-order valence-electron chi connectivity index (χ3n) is 7.79. The number of amides is 1. The van der Waals surface area contributed by atoms with Crippen LogP contribution < -0.4 is 25.1 Å². The summed E-state index contributed by atoms with van der Waals surface area (Å²) in [7, 11) is 1.49. The van der Waals surface area contributed by atoms with Crippen molar-refractivity contribution in [3.05, 3.63) is 124 Å². The number of nitrogens with one attached hydrogen (secondary N) is 1. The fourth-order valence-corrected chi connectivity index (χ4v) is 5.48. The largest absolute Gasteiger partial charge is 0.494 e. The Hall–Kier alpha value is -5.77. The molecule has 10 heteroatoms. The first-order valence-corrected chi connectivity index (χ1v) is 16.0. The van der Waals surface area contributed by atoms with Gasteiger partial charge in [-0.3, -0.25) is 9.59 Å². The summed E-state index contributed by atoms with van der Waals surface area (Å²) in [5.41, 5.74) is 4.50. The van der Waals surface area contributed by atoms with Crippen molar-refractivity contribution in [2.75, 3.05) is 25.6 Å². The summed E-state index contributed by atoms with van der Waals surface area (Å²) in [6, 6.07) is 20.3. The minimum Gasteiger partial charge on any atom is -0.494 e. The zero-order chi connectivity index (χ0) is 35.1. The van der Waals surface area contributed by atoms with Crippen LogP contribution in [0.25, 0.3) is 22.3 Å². The number of fused-ring (bicyclic) bond motifs is 1. The van der Waals surface area contributed by atoms with Crippen molar-refractivity contribution in [3.8, 4) is 28.6 Å². The predicted molar refractivity (Wildman–Crippen MR) is 192 cm³/mol. The molecular formula is C39H39FN4O5. The minimum atomic E-state index is -0.469. The topological polar surface area (TPSA) is 104 Å². The molecular weight excluding hydrogens is 623 g/mol. The number of hydrogen-bond acceptors (Lipinski definition) is 7. The Morgan fingerprint density at radius 3 is 2.57 bits per heavy atom. The first-order chi connectivity index (χ1) is 23.6. The molecule has 0 radical (unpaired) electrons. The molecule has 4 aromatic carbocycles. The number of benzene rings is 4. The average Bonchev–Trinajstić information content (AvgIpc) is 3.07. The van der Waals surface area contributed by atoms with Gasteiger partial charge >= 0.3 is 0 Å². The smallest absolute Gasteiger partial charge is 0.282 e. The van der Waals surface area contributed by atoms with Crippen molar-refractivity contribution in [2.24, 2.45) is 5.10 Å². The summed E-state index contributed by atoms with van der Waals surface area (Å²) >= 11 is 0. The van der Waals surface area contributed by atoms with Crippen LogP contribution >= 0.6 is 0 Å². The first kappa shape index (κ1) is 34.6. The van der Waals surface area contributed by atoms with Gasteiger partial charge in [-0.05, 0) is 97.5 Å². The van der Waals surface area contributed by atoms with Gasteiger partial charge in [0, 0.05) is 16.8 Å². The normalized spacial score (nSPS) is 11.2. The number of methoxy groups -OCH3 is 1. The molecule has 0 atom stereocenters. The Morgan fingerprint density at radius 1 is 1.06 bits per heavy atom. The Morgan fingerprint density at radius 2 is 1.86 bits per heavy atom. The molecule has 1 aromatic heterocycles. The molecule has 5 aromatic rings. The van der Waals surface area contributed by atoms with Crippen molar-refractivity contribution in [1.29, 1.82) is 0 Å². The van der Waals surface area contributed by atoms with Gasteiger partial charge < -0.3 is 19.5 Å². The number of aromatic nitrogens is 2. The van der Waals surface area contributed by atoms with E-state index in [0.717, 1.165) is 22.4 Å². The number of hydrogen-bond donors (Lipinski definition) is 1. The van der Waals surface area contributed by atoms with Crippen molar-refractivity contribution in [2.45, 2.75) is 40.0 Å². The molecule has 0 unspecified atom stereocenters. The van der Waals surface area contributed by atoms with Crippen LogP contribution in [-0.2, 0) is 11.2 Å². The van der Waals surface area contributed by atoms with E-state index in [-0.39, 0.29) is 18.1 Å².